The van der Waals surface area contributed by atoms with E-state index in [0.29, 0.717) is 21.7 Å². The third kappa shape index (κ3) is 1.19. The summed E-state index contributed by atoms with van der Waals surface area (Å²) in [5.74, 6) is 1.78. The summed E-state index contributed by atoms with van der Waals surface area (Å²) >= 11 is 0. The van der Waals surface area contributed by atoms with Gasteiger partial charge in [-0.2, -0.15) is 0 Å². The molecule has 0 aliphatic heterocycles. The Hall–Kier alpha value is -0.260. The molecule has 0 unspecified atom stereocenters. The molecule has 0 nitrogen and oxygen atoms in total. The van der Waals surface area contributed by atoms with Gasteiger partial charge in [0.15, 0.2) is 0 Å². The molecule has 0 heterocycles. The highest BCUT2D eigenvalue weighted by atomic mass is 14.8. The predicted octanol–water partition coefficient (Wildman–Crippen LogP) is 5.98. The van der Waals surface area contributed by atoms with Crippen molar-refractivity contribution < 1.29 is 0 Å². The van der Waals surface area contributed by atoms with Crippen LogP contribution in [0.5, 0.6) is 0 Å². The van der Waals surface area contributed by atoms with Crippen molar-refractivity contribution in [2.75, 3.05) is 0 Å². The van der Waals surface area contributed by atoms with Crippen LogP contribution in [-0.4, -0.2) is 0 Å². The molecule has 112 valence electrons. The van der Waals surface area contributed by atoms with E-state index in [1.807, 2.05) is 5.57 Å². The van der Waals surface area contributed by atoms with Crippen molar-refractivity contribution in [3.63, 3.8) is 0 Å². The van der Waals surface area contributed by atoms with E-state index < -0.39 is 0 Å². The van der Waals surface area contributed by atoms with Crippen LogP contribution in [0.15, 0.2) is 11.6 Å². The zero-order valence-corrected chi connectivity index (χ0v) is 14.2. The Morgan fingerprint density at radius 2 is 1.75 bits per heavy atom. The molecular formula is C20H32. The Morgan fingerprint density at radius 3 is 2.50 bits per heavy atom. The molecule has 0 saturated heterocycles. The minimum absolute atomic E-state index is 0.552. The van der Waals surface area contributed by atoms with Gasteiger partial charge in [-0.3, -0.25) is 0 Å². The zero-order chi connectivity index (χ0) is 14.4. The highest BCUT2D eigenvalue weighted by Crippen LogP contribution is 2.83. The molecule has 5 atom stereocenters. The number of hydrogen-bond acceptors (Lipinski definition) is 0. The maximum atomic E-state index is 2.71. The summed E-state index contributed by atoms with van der Waals surface area (Å²) in [5.41, 5.74) is 4.16. The van der Waals surface area contributed by atoms with Crippen molar-refractivity contribution >= 4 is 0 Å². The lowest BCUT2D eigenvalue weighted by Crippen LogP contribution is -2.47. The third-order valence-electron chi connectivity index (χ3n) is 8.33. The van der Waals surface area contributed by atoms with Crippen LogP contribution in [0.1, 0.15) is 79.6 Å². The SMILES string of the molecule is C[C@H]1CCC[C@]2(C)CC[C@H]3C(C)(C)C[C@]4(C)CC=C1[C@@]324. The summed E-state index contributed by atoms with van der Waals surface area (Å²) in [4.78, 5) is 0. The lowest BCUT2D eigenvalue weighted by Gasteiger charge is -2.52. The predicted molar refractivity (Wildman–Crippen MR) is 85.5 cm³/mol. The molecule has 0 amide bonds. The second kappa shape index (κ2) is 3.55. The molecule has 4 rings (SSSR count). The molecule has 0 bridgehead atoms. The summed E-state index contributed by atoms with van der Waals surface area (Å²) < 4.78 is 0. The lowest BCUT2D eigenvalue weighted by molar-refractivity contribution is -0.0000699. The van der Waals surface area contributed by atoms with Gasteiger partial charge in [-0.15, -0.1) is 0 Å². The maximum Gasteiger partial charge on any atom is 0.00584 e. The fraction of sp³-hybridized carbons (Fsp3) is 0.900. The Labute approximate surface area is 125 Å². The van der Waals surface area contributed by atoms with Crippen molar-refractivity contribution in [2.45, 2.75) is 79.6 Å². The molecule has 3 fully saturated rings. The van der Waals surface area contributed by atoms with Crippen LogP contribution in [0.3, 0.4) is 0 Å². The fourth-order valence-electron chi connectivity index (χ4n) is 8.18. The van der Waals surface area contributed by atoms with Crippen LogP contribution in [0.4, 0.5) is 0 Å². The molecule has 0 aromatic rings. The minimum Gasteiger partial charge on any atom is -0.0839 e. The van der Waals surface area contributed by atoms with E-state index in [2.05, 4.69) is 40.7 Å². The Bertz CT molecular complexity index is 484. The second-order valence-electron chi connectivity index (χ2n) is 9.84. The molecule has 0 aromatic heterocycles. The highest BCUT2D eigenvalue weighted by molar-refractivity contribution is 5.40. The Kier molecular flexibility index (Phi) is 2.38. The Morgan fingerprint density at radius 1 is 1.00 bits per heavy atom. The van der Waals surface area contributed by atoms with Gasteiger partial charge in [-0.05, 0) is 66.6 Å². The number of rotatable bonds is 0. The molecule has 20 heavy (non-hydrogen) atoms. The van der Waals surface area contributed by atoms with Gasteiger partial charge >= 0.3 is 0 Å². The third-order valence-corrected chi connectivity index (χ3v) is 8.33. The molecule has 1 spiro atoms. The topological polar surface area (TPSA) is 0 Å². The molecular weight excluding hydrogens is 240 g/mol. The smallest absolute Gasteiger partial charge is 0.00584 e. The van der Waals surface area contributed by atoms with Crippen LogP contribution in [0.2, 0.25) is 0 Å². The molecule has 4 aliphatic rings. The molecule has 0 radical (unpaired) electrons. The first-order chi connectivity index (χ1) is 9.27. The van der Waals surface area contributed by atoms with Crippen molar-refractivity contribution in [3.8, 4) is 0 Å². The van der Waals surface area contributed by atoms with Gasteiger partial charge in [0.05, 0.1) is 0 Å². The molecule has 0 aromatic carbocycles. The quantitative estimate of drug-likeness (QED) is 0.476. The van der Waals surface area contributed by atoms with Gasteiger partial charge in [0.2, 0.25) is 0 Å². The summed E-state index contributed by atoms with van der Waals surface area (Å²) in [6, 6.07) is 0. The van der Waals surface area contributed by atoms with Gasteiger partial charge in [-0.25, -0.2) is 0 Å². The van der Waals surface area contributed by atoms with Crippen LogP contribution < -0.4 is 0 Å². The summed E-state index contributed by atoms with van der Waals surface area (Å²) in [5, 5.41) is 0. The van der Waals surface area contributed by atoms with Crippen molar-refractivity contribution in [1.29, 1.82) is 0 Å². The first kappa shape index (κ1) is 13.4. The van der Waals surface area contributed by atoms with Gasteiger partial charge in [0, 0.05) is 5.41 Å². The number of hydrogen-bond donors (Lipinski definition) is 0. The zero-order valence-electron chi connectivity index (χ0n) is 14.2. The van der Waals surface area contributed by atoms with Crippen molar-refractivity contribution in [1.82, 2.24) is 0 Å². The van der Waals surface area contributed by atoms with E-state index in [9.17, 15) is 0 Å². The summed E-state index contributed by atoms with van der Waals surface area (Å²) in [6.45, 7) is 13.0. The van der Waals surface area contributed by atoms with Crippen LogP contribution in [0, 0.1) is 33.5 Å². The van der Waals surface area contributed by atoms with Gasteiger partial charge < -0.3 is 0 Å². The fourth-order valence-corrected chi connectivity index (χ4v) is 8.18. The summed E-state index contributed by atoms with van der Waals surface area (Å²) in [7, 11) is 0. The van der Waals surface area contributed by atoms with Crippen LogP contribution in [0.25, 0.3) is 0 Å². The van der Waals surface area contributed by atoms with Crippen LogP contribution in [-0.2, 0) is 0 Å². The normalized spacial score (nSPS) is 56.1. The first-order valence-corrected chi connectivity index (χ1v) is 8.97. The largest absolute Gasteiger partial charge is 0.0839 e. The molecule has 0 N–H and O–H groups in total. The minimum atomic E-state index is 0.552. The lowest BCUT2D eigenvalue weighted by atomic mass is 9.51. The molecule has 3 saturated carbocycles. The highest BCUT2D eigenvalue weighted by Gasteiger charge is 2.75. The van der Waals surface area contributed by atoms with Crippen LogP contribution >= 0.6 is 0 Å². The van der Waals surface area contributed by atoms with E-state index in [-0.39, 0.29) is 0 Å². The standard InChI is InChI=1S/C20H32/c1-14-7-6-10-18(4)12-9-16-17(2,3)13-19(5)11-8-15(14)20(16,18)19/h8,14,16H,6-7,9-13H2,1-5H3/t14-,16-,18+,19-,20+/m0/s1. The Balaban J connectivity index is 1.99. The van der Waals surface area contributed by atoms with Crippen molar-refractivity contribution in [2.24, 2.45) is 33.5 Å². The first-order valence-electron chi connectivity index (χ1n) is 8.97. The van der Waals surface area contributed by atoms with Gasteiger partial charge in [0.25, 0.3) is 0 Å². The van der Waals surface area contributed by atoms with E-state index in [1.165, 1.54) is 44.9 Å². The molecule has 4 aliphatic carbocycles. The van der Waals surface area contributed by atoms with E-state index in [4.69, 9.17) is 0 Å². The van der Waals surface area contributed by atoms with Gasteiger partial charge in [0.1, 0.15) is 0 Å². The molecule has 0 heteroatoms. The number of allylic oxidation sites excluding steroid dienone is 2. The van der Waals surface area contributed by atoms with E-state index in [0.717, 1.165) is 11.8 Å². The monoisotopic (exact) mass is 272 g/mol. The second-order valence-corrected chi connectivity index (χ2v) is 9.84. The summed E-state index contributed by atoms with van der Waals surface area (Å²) in [6.07, 6.45) is 12.9. The average molecular weight is 272 g/mol. The van der Waals surface area contributed by atoms with Gasteiger partial charge in [-0.1, -0.05) is 52.7 Å². The maximum absolute atomic E-state index is 2.71. The van der Waals surface area contributed by atoms with Crippen molar-refractivity contribution in [3.05, 3.63) is 11.6 Å². The van der Waals surface area contributed by atoms with E-state index >= 15 is 0 Å². The van der Waals surface area contributed by atoms with E-state index in [1.54, 1.807) is 0 Å². The average Bonchev–Trinajstić information content (AvgIpc) is 2.82.